The molecule has 1 aliphatic rings. The average Bonchev–Trinajstić information content (AvgIpc) is 2.92. The predicted octanol–water partition coefficient (Wildman–Crippen LogP) is 1.31. The number of hydrogen-bond acceptors (Lipinski definition) is 6. The second-order valence-electron chi connectivity index (χ2n) is 7.04. The minimum absolute atomic E-state index is 0.0503. The van der Waals surface area contributed by atoms with E-state index in [4.69, 9.17) is 0 Å². The maximum absolute atomic E-state index is 12.2. The van der Waals surface area contributed by atoms with Gasteiger partial charge in [-0.15, -0.1) is 10.2 Å². The van der Waals surface area contributed by atoms with Crippen LogP contribution in [-0.2, 0) is 24.2 Å². The summed E-state index contributed by atoms with van der Waals surface area (Å²) in [6.45, 7) is 2.71. The Hall–Kier alpha value is -3.30. The third-order valence-corrected chi connectivity index (χ3v) is 4.92. The molecule has 0 saturated carbocycles. The summed E-state index contributed by atoms with van der Waals surface area (Å²) in [6, 6.07) is 4.09. The van der Waals surface area contributed by atoms with Crippen LogP contribution >= 0.6 is 0 Å². The lowest BCUT2D eigenvalue weighted by Gasteiger charge is -2.09. The highest BCUT2D eigenvalue weighted by atomic mass is 16.6. The zero-order chi connectivity index (χ0) is 20.8. The quantitative estimate of drug-likeness (QED) is 0.532. The first-order valence-corrected chi connectivity index (χ1v) is 9.66. The standard InChI is InChI=1S/C19H24N6O4/c1-13-11-14(6-7-15(13)25(28)29)19(27)21-12-18(26)20-9-8-17-23-22-16-5-3-2-4-10-24(16)17/h6-7,11H,2-5,8-10,12H2,1H3,(H,20,26)(H,21,27). The highest BCUT2D eigenvalue weighted by Gasteiger charge is 2.16. The summed E-state index contributed by atoms with van der Waals surface area (Å²) in [6.07, 6.45) is 4.94. The van der Waals surface area contributed by atoms with Crippen molar-refractivity contribution in [3.63, 3.8) is 0 Å². The Morgan fingerprint density at radius 1 is 1.21 bits per heavy atom. The first kappa shape index (κ1) is 20.4. The van der Waals surface area contributed by atoms with Gasteiger partial charge < -0.3 is 15.2 Å². The molecule has 29 heavy (non-hydrogen) atoms. The van der Waals surface area contributed by atoms with Gasteiger partial charge in [-0.25, -0.2) is 0 Å². The Balaban J connectivity index is 1.44. The predicted molar refractivity (Wildman–Crippen MR) is 104 cm³/mol. The Kier molecular flexibility index (Phi) is 6.53. The average molecular weight is 400 g/mol. The molecule has 0 aliphatic carbocycles. The van der Waals surface area contributed by atoms with Gasteiger partial charge in [-0.2, -0.15) is 0 Å². The molecule has 10 heteroatoms. The van der Waals surface area contributed by atoms with E-state index in [0.717, 1.165) is 37.5 Å². The van der Waals surface area contributed by atoms with Crippen LogP contribution in [0.3, 0.4) is 0 Å². The third kappa shape index (κ3) is 5.15. The van der Waals surface area contributed by atoms with Crippen molar-refractivity contribution in [2.45, 2.75) is 45.6 Å². The van der Waals surface area contributed by atoms with Crippen molar-refractivity contribution >= 4 is 17.5 Å². The number of carbonyl (C=O) groups is 2. The van der Waals surface area contributed by atoms with Crippen LogP contribution in [0, 0.1) is 17.0 Å². The van der Waals surface area contributed by atoms with Gasteiger partial charge in [0.1, 0.15) is 11.6 Å². The Labute approximate surface area is 167 Å². The van der Waals surface area contributed by atoms with Crippen molar-refractivity contribution in [3.05, 3.63) is 51.1 Å². The lowest BCUT2D eigenvalue weighted by atomic mass is 10.1. The molecule has 0 fully saturated rings. The van der Waals surface area contributed by atoms with Gasteiger partial charge in [-0.05, 0) is 31.9 Å². The Bertz CT molecular complexity index is 923. The van der Waals surface area contributed by atoms with Gasteiger partial charge >= 0.3 is 0 Å². The molecule has 1 aromatic carbocycles. The van der Waals surface area contributed by atoms with Crippen molar-refractivity contribution in [2.75, 3.05) is 13.1 Å². The summed E-state index contributed by atoms with van der Waals surface area (Å²) >= 11 is 0. The molecule has 2 amide bonds. The normalized spacial score (nSPS) is 13.3. The number of rotatable bonds is 7. The second kappa shape index (κ2) is 9.26. The molecule has 2 N–H and O–H groups in total. The van der Waals surface area contributed by atoms with Crippen molar-refractivity contribution in [3.8, 4) is 0 Å². The van der Waals surface area contributed by atoms with Crippen LogP contribution in [0.4, 0.5) is 5.69 Å². The highest BCUT2D eigenvalue weighted by Crippen LogP contribution is 2.18. The molecular formula is C19H24N6O4. The van der Waals surface area contributed by atoms with Crippen LogP contribution in [0.5, 0.6) is 0 Å². The van der Waals surface area contributed by atoms with E-state index in [1.807, 2.05) is 0 Å². The van der Waals surface area contributed by atoms with Gasteiger partial charge in [0.15, 0.2) is 0 Å². The van der Waals surface area contributed by atoms with Crippen molar-refractivity contribution in [2.24, 2.45) is 0 Å². The van der Waals surface area contributed by atoms with Gasteiger partial charge in [-0.3, -0.25) is 19.7 Å². The number of nitro benzene ring substituents is 1. The van der Waals surface area contributed by atoms with E-state index in [1.54, 1.807) is 6.92 Å². The molecule has 3 rings (SSSR count). The van der Waals surface area contributed by atoms with E-state index in [1.165, 1.54) is 24.6 Å². The maximum atomic E-state index is 12.2. The van der Waals surface area contributed by atoms with Gasteiger partial charge in [0.25, 0.3) is 11.6 Å². The number of hydrogen-bond donors (Lipinski definition) is 2. The molecule has 2 heterocycles. The third-order valence-electron chi connectivity index (χ3n) is 4.92. The number of fused-ring (bicyclic) bond motifs is 1. The molecule has 1 aliphatic heterocycles. The van der Waals surface area contributed by atoms with Crippen LogP contribution in [0.25, 0.3) is 0 Å². The number of nitrogens with zero attached hydrogens (tertiary/aromatic N) is 4. The van der Waals surface area contributed by atoms with E-state index >= 15 is 0 Å². The molecule has 154 valence electrons. The number of nitro groups is 1. The van der Waals surface area contributed by atoms with Crippen molar-refractivity contribution < 1.29 is 14.5 Å². The minimum atomic E-state index is -0.501. The van der Waals surface area contributed by atoms with Crippen LogP contribution < -0.4 is 10.6 Å². The smallest absolute Gasteiger partial charge is 0.272 e. The molecule has 0 spiro atoms. The Morgan fingerprint density at radius 3 is 2.79 bits per heavy atom. The topological polar surface area (TPSA) is 132 Å². The van der Waals surface area contributed by atoms with Gasteiger partial charge in [0, 0.05) is 43.1 Å². The number of benzene rings is 1. The van der Waals surface area contributed by atoms with E-state index < -0.39 is 10.8 Å². The van der Waals surface area contributed by atoms with Gasteiger partial charge in [0.05, 0.1) is 11.5 Å². The number of aryl methyl sites for hydroxylation is 2. The molecule has 0 radical (unpaired) electrons. The summed E-state index contributed by atoms with van der Waals surface area (Å²) in [4.78, 5) is 34.5. The van der Waals surface area contributed by atoms with Crippen LogP contribution in [0.2, 0.25) is 0 Å². The lowest BCUT2D eigenvalue weighted by Crippen LogP contribution is -2.37. The largest absolute Gasteiger partial charge is 0.354 e. The minimum Gasteiger partial charge on any atom is -0.354 e. The second-order valence-corrected chi connectivity index (χ2v) is 7.04. The Morgan fingerprint density at radius 2 is 2.03 bits per heavy atom. The summed E-state index contributed by atoms with van der Waals surface area (Å²) in [5.74, 6) is 1.11. The molecular weight excluding hydrogens is 376 g/mol. The van der Waals surface area contributed by atoms with Crippen molar-refractivity contribution in [1.82, 2.24) is 25.4 Å². The van der Waals surface area contributed by atoms with Crippen LogP contribution in [-0.4, -0.2) is 44.6 Å². The van der Waals surface area contributed by atoms with E-state index in [-0.39, 0.29) is 23.7 Å². The molecule has 0 unspecified atom stereocenters. The molecule has 0 bridgehead atoms. The fourth-order valence-electron chi connectivity index (χ4n) is 3.37. The molecule has 0 saturated heterocycles. The zero-order valence-electron chi connectivity index (χ0n) is 16.3. The van der Waals surface area contributed by atoms with Gasteiger partial charge in [-0.1, -0.05) is 6.42 Å². The monoisotopic (exact) mass is 400 g/mol. The SMILES string of the molecule is Cc1cc(C(=O)NCC(=O)NCCc2nnc3n2CCCCC3)ccc1[N+](=O)[O-]. The fraction of sp³-hybridized carbons (Fsp3) is 0.474. The van der Waals surface area contributed by atoms with E-state index in [9.17, 15) is 19.7 Å². The summed E-state index contributed by atoms with van der Waals surface area (Å²) in [7, 11) is 0. The zero-order valence-corrected chi connectivity index (χ0v) is 16.3. The summed E-state index contributed by atoms with van der Waals surface area (Å²) in [5.41, 5.74) is 0.609. The summed E-state index contributed by atoms with van der Waals surface area (Å²) < 4.78 is 2.14. The number of carbonyl (C=O) groups excluding carboxylic acids is 2. The summed E-state index contributed by atoms with van der Waals surface area (Å²) in [5, 5.41) is 24.6. The van der Waals surface area contributed by atoms with E-state index in [2.05, 4.69) is 25.4 Å². The molecule has 2 aromatic rings. The number of amides is 2. The van der Waals surface area contributed by atoms with Crippen molar-refractivity contribution in [1.29, 1.82) is 0 Å². The fourth-order valence-corrected chi connectivity index (χ4v) is 3.37. The van der Waals surface area contributed by atoms with Gasteiger partial charge in [0.2, 0.25) is 5.91 Å². The molecule has 1 aromatic heterocycles. The molecule has 10 nitrogen and oxygen atoms in total. The maximum Gasteiger partial charge on any atom is 0.272 e. The first-order valence-electron chi connectivity index (χ1n) is 9.66. The van der Waals surface area contributed by atoms with Crippen LogP contribution in [0.1, 0.15) is 46.8 Å². The number of aromatic nitrogens is 3. The van der Waals surface area contributed by atoms with Crippen LogP contribution in [0.15, 0.2) is 18.2 Å². The number of nitrogens with one attached hydrogen (secondary N) is 2. The molecule has 0 atom stereocenters. The lowest BCUT2D eigenvalue weighted by molar-refractivity contribution is -0.385. The van der Waals surface area contributed by atoms with E-state index in [0.29, 0.717) is 18.5 Å². The highest BCUT2D eigenvalue weighted by molar-refractivity contribution is 5.96. The first-order chi connectivity index (χ1) is 14.0.